The van der Waals surface area contributed by atoms with E-state index in [1.807, 2.05) is 6.07 Å². The Labute approximate surface area is 230 Å². The highest BCUT2D eigenvalue weighted by molar-refractivity contribution is 6.13. The summed E-state index contributed by atoms with van der Waals surface area (Å²) in [6.07, 6.45) is -8.12. The van der Waals surface area contributed by atoms with Gasteiger partial charge in [-0.05, 0) is 59.9 Å². The Bertz CT molecular complexity index is 1540. The van der Waals surface area contributed by atoms with Gasteiger partial charge in [0.1, 0.15) is 23.5 Å². The monoisotopic (exact) mass is 575 g/mol. The largest absolute Gasteiger partial charge is 0.493 e. The topological polar surface area (TPSA) is 48.0 Å². The molecule has 0 radical (unpaired) electrons. The Morgan fingerprint density at radius 1 is 0.902 bits per heavy atom. The van der Waals surface area contributed by atoms with Crippen LogP contribution in [0.15, 0.2) is 48.5 Å². The Kier molecular flexibility index (Phi) is 5.67. The van der Waals surface area contributed by atoms with Crippen LogP contribution in [0.5, 0.6) is 11.5 Å². The predicted octanol–water partition coefficient (Wildman–Crippen LogP) is 6.53. The SMILES string of the molecule is O=C1N(C[C@H]2CCCO2)c2cccc(-c3cc(C(F)(F)F)cc(C(F)(F)F)c3)c2C12COc1cc3c(cc12)CCO3. The van der Waals surface area contributed by atoms with Crippen LogP contribution in [0, 0.1) is 0 Å². The van der Waals surface area contributed by atoms with Crippen LogP contribution in [0.4, 0.5) is 32.0 Å². The smallest absolute Gasteiger partial charge is 0.416 e. The van der Waals surface area contributed by atoms with Gasteiger partial charge in [-0.3, -0.25) is 4.79 Å². The average molecular weight is 576 g/mol. The Morgan fingerprint density at radius 3 is 2.34 bits per heavy atom. The number of carbonyl (C=O) groups excluding carboxylic acids is 1. The van der Waals surface area contributed by atoms with E-state index in [-0.39, 0.29) is 42.4 Å². The van der Waals surface area contributed by atoms with Gasteiger partial charge in [0.05, 0.1) is 30.4 Å². The van der Waals surface area contributed by atoms with Gasteiger partial charge in [-0.15, -0.1) is 0 Å². The predicted molar refractivity (Wildman–Crippen MR) is 135 cm³/mol. The highest BCUT2D eigenvalue weighted by Gasteiger charge is 2.58. The number of carbonyl (C=O) groups is 1. The van der Waals surface area contributed by atoms with Crippen molar-refractivity contribution in [2.75, 3.05) is 31.3 Å². The summed E-state index contributed by atoms with van der Waals surface area (Å²) >= 11 is 0. The minimum Gasteiger partial charge on any atom is -0.493 e. The molecule has 1 fully saturated rings. The van der Waals surface area contributed by atoms with Crippen molar-refractivity contribution in [1.82, 2.24) is 0 Å². The summed E-state index contributed by atoms with van der Waals surface area (Å²) < 4.78 is 100. The summed E-state index contributed by atoms with van der Waals surface area (Å²) in [6, 6.07) is 9.74. The molecule has 3 aromatic carbocycles. The molecule has 4 heterocycles. The first-order valence-electron chi connectivity index (χ1n) is 13.3. The number of nitrogens with zero attached hydrogens (tertiary/aromatic N) is 1. The van der Waals surface area contributed by atoms with Crippen molar-refractivity contribution in [3.05, 3.63) is 76.3 Å². The van der Waals surface area contributed by atoms with Gasteiger partial charge in [0.2, 0.25) is 5.91 Å². The second kappa shape index (κ2) is 8.88. The van der Waals surface area contributed by atoms with Crippen molar-refractivity contribution >= 4 is 11.6 Å². The highest BCUT2D eigenvalue weighted by Crippen LogP contribution is 2.57. The zero-order valence-corrected chi connectivity index (χ0v) is 21.5. The molecule has 11 heteroatoms. The van der Waals surface area contributed by atoms with E-state index in [4.69, 9.17) is 14.2 Å². The van der Waals surface area contributed by atoms with Gasteiger partial charge in [-0.2, -0.15) is 26.3 Å². The molecule has 7 rings (SSSR count). The molecule has 0 aliphatic carbocycles. The molecule has 1 saturated heterocycles. The quantitative estimate of drug-likeness (QED) is 0.334. The molecule has 0 saturated carbocycles. The molecule has 3 aromatic rings. The third-order valence-corrected chi connectivity index (χ3v) is 8.37. The molecule has 41 heavy (non-hydrogen) atoms. The molecule has 1 unspecified atom stereocenters. The molecule has 1 spiro atoms. The summed E-state index contributed by atoms with van der Waals surface area (Å²) in [5, 5.41) is 0. The zero-order valence-electron chi connectivity index (χ0n) is 21.5. The van der Waals surface area contributed by atoms with Gasteiger partial charge in [-0.1, -0.05) is 12.1 Å². The van der Waals surface area contributed by atoms with Crippen LogP contribution in [-0.4, -0.2) is 38.4 Å². The Morgan fingerprint density at radius 2 is 1.66 bits per heavy atom. The van der Waals surface area contributed by atoms with Crippen molar-refractivity contribution in [3.8, 4) is 22.6 Å². The summed E-state index contributed by atoms with van der Waals surface area (Å²) in [4.78, 5) is 16.0. The molecule has 2 atom stereocenters. The van der Waals surface area contributed by atoms with Gasteiger partial charge in [0.25, 0.3) is 0 Å². The van der Waals surface area contributed by atoms with Crippen LogP contribution in [0.25, 0.3) is 11.1 Å². The van der Waals surface area contributed by atoms with E-state index in [2.05, 4.69) is 0 Å². The molecule has 4 aliphatic rings. The number of ether oxygens (including phenoxy) is 3. The summed E-state index contributed by atoms with van der Waals surface area (Å²) in [7, 11) is 0. The number of hydrogen-bond donors (Lipinski definition) is 0. The third kappa shape index (κ3) is 3.99. The lowest BCUT2D eigenvalue weighted by molar-refractivity contribution is -0.143. The van der Waals surface area contributed by atoms with E-state index in [1.165, 1.54) is 6.07 Å². The fourth-order valence-electron chi connectivity index (χ4n) is 6.49. The fraction of sp³-hybridized carbons (Fsp3) is 0.367. The Hall–Kier alpha value is -3.73. The van der Waals surface area contributed by atoms with E-state index in [9.17, 15) is 31.1 Å². The van der Waals surface area contributed by atoms with E-state index in [1.54, 1.807) is 23.1 Å². The number of halogens is 6. The van der Waals surface area contributed by atoms with Crippen LogP contribution in [0.3, 0.4) is 0 Å². The zero-order chi connectivity index (χ0) is 28.7. The van der Waals surface area contributed by atoms with Gasteiger partial charge in [-0.25, -0.2) is 0 Å². The van der Waals surface area contributed by atoms with Crippen molar-refractivity contribution in [2.24, 2.45) is 0 Å². The van der Waals surface area contributed by atoms with Gasteiger partial charge < -0.3 is 19.1 Å². The molecule has 0 N–H and O–H groups in total. The first-order valence-corrected chi connectivity index (χ1v) is 13.3. The lowest BCUT2D eigenvalue weighted by atomic mass is 9.73. The van der Waals surface area contributed by atoms with Crippen LogP contribution in [0.2, 0.25) is 0 Å². The molecular weight excluding hydrogens is 552 g/mol. The van der Waals surface area contributed by atoms with Gasteiger partial charge in [0, 0.05) is 35.9 Å². The summed E-state index contributed by atoms with van der Waals surface area (Å²) in [5.41, 5.74) is -2.36. The van der Waals surface area contributed by atoms with Crippen LogP contribution >= 0.6 is 0 Å². The van der Waals surface area contributed by atoms with Gasteiger partial charge >= 0.3 is 12.4 Å². The van der Waals surface area contributed by atoms with Crippen molar-refractivity contribution in [1.29, 1.82) is 0 Å². The molecule has 0 bridgehead atoms. The van der Waals surface area contributed by atoms with Crippen molar-refractivity contribution < 1.29 is 45.3 Å². The molecule has 4 aliphatic heterocycles. The standard InChI is InChI=1S/C30H23F6NO4/c31-29(32,33)18-9-17(10-19(12-18)30(34,35)36)21-4-1-5-23-26(21)28(27(38)37(23)14-20-3-2-7-39-20)15-41-25-13-24-16(6-8-40-24)11-22(25)28/h1,4-5,9-13,20H,2-3,6-8,14-15H2/t20-,28?/m1/s1. The van der Waals surface area contributed by atoms with Crippen molar-refractivity contribution in [3.63, 3.8) is 0 Å². The first kappa shape index (κ1) is 26.2. The number of alkyl halides is 6. The van der Waals surface area contributed by atoms with Crippen molar-refractivity contribution in [2.45, 2.75) is 43.1 Å². The molecule has 0 aromatic heterocycles. The van der Waals surface area contributed by atoms with E-state index in [0.29, 0.717) is 60.1 Å². The second-order valence-electron chi connectivity index (χ2n) is 10.8. The molecule has 214 valence electrons. The number of anilines is 1. The van der Waals surface area contributed by atoms with E-state index in [0.717, 1.165) is 18.4 Å². The third-order valence-electron chi connectivity index (χ3n) is 8.37. The maximum absolute atomic E-state index is 14.5. The minimum atomic E-state index is -5.02. The second-order valence-corrected chi connectivity index (χ2v) is 10.8. The maximum atomic E-state index is 14.5. The molecular formula is C30H23F6NO4. The van der Waals surface area contributed by atoms with Crippen LogP contribution in [-0.2, 0) is 33.7 Å². The Balaban J connectivity index is 1.48. The maximum Gasteiger partial charge on any atom is 0.416 e. The first-order chi connectivity index (χ1) is 19.5. The molecule has 1 amide bonds. The lowest BCUT2D eigenvalue weighted by Gasteiger charge is -2.25. The summed E-state index contributed by atoms with van der Waals surface area (Å²) in [6.45, 7) is 1.06. The van der Waals surface area contributed by atoms with E-state index < -0.39 is 28.9 Å². The number of hydrogen-bond acceptors (Lipinski definition) is 4. The van der Waals surface area contributed by atoms with E-state index >= 15 is 0 Å². The number of fused-ring (bicyclic) bond motifs is 5. The summed E-state index contributed by atoms with van der Waals surface area (Å²) in [5.74, 6) is 0.679. The fourth-order valence-corrected chi connectivity index (χ4v) is 6.49. The normalized spacial score (nSPS) is 23.0. The number of rotatable bonds is 3. The molecule has 5 nitrogen and oxygen atoms in total. The highest BCUT2D eigenvalue weighted by atomic mass is 19.4. The lowest BCUT2D eigenvalue weighted by Crippen LogP contribution is -2.45. The minimum absolute atomic E-state index is 0.106. The average Bonchev–Trinajstić information content (AvgIpc) is 3.71. The van der Waals surface area contributed by atoms with Gasteiger partial charge in [0.15, 0.2) is 0 Å². The number of amides is 1. The number of benzene rings is 3. The van der Waals surface area contributed by atoms with Crippen LogP contribution in [0.1, 0.15) is 40.7 Å². The van der Waals surface area contributed by atoms with Crippen LogP contribution < -0.4 is 14.4 Å².